The zero-order chi connectivity index (χ0) is 21.3. The number of hydrazone groups is 1. The molecule has 0 radical (unpaired) electrons. The smallest absolute Gasteiger partial charge is 0.343 e. The van der Waals surface area contributed by atoms with Crippen LogP contribution < -0.4 is 20.2 Å². The van der Waals surface area contributed by atoms with E-state index in [-0.39, 0.29) is 0 Å². The molecule has 0 unspecified atom stereocenters. The van der Waals surface area contributed by atoms with Gasteiger partial charge in [0.05, 0.1) is 18.9 Å². The number of carbonyl (C=O) groups is 1. The topological polar surface area (TPSA) is 71.9 Å². The van der Waals surface area contributed by atoms with Gasteiger partial charge in [0.15, 0.2) is 16.6 Å². The third kappa shape index (κ3) is 6.04. The predicted molar refractivity (Wildman–Crippen MR) is 123 cm³/mol. The summed E-state index contributed by atoms with van der Waals surface area (Å²) in [5, 5.41) is 8.02. The van der Waals surface area contributed by atoms with E-state index >= 15 is 0 Å². The van der Waals surface area contributed by atoms with Crippen LogP contribution in [0.3, 0.4) is 0 Å². The molecule has 0 saturated heterocycles. The Morgan fingerprint density at radius 2 is 1.77 bits per heavy atom. The Bertz CT molecular complexity index is 1060. The van der Waals surface area contributed by atoms with Gasteiger partial charge in [0.25, 0.3) is 0 Å². The first-order chi connectivity index (χ1) is 14.5. The fourth-order valence-corrected chi connectivity index (χ4v) is 2.74. The minimum absolute atomic E-state index is 0.295. The molecule has 3 aromatic rings. The summed E-state index contributed by atoms with van der Waals surface area (Å²) in [6.07, 6.45) is 1.58. The van der Waals surface area contributed by atoms with Crippen molar-refractivity contribution in [2.75, 3.05) is 12.4 Å². The van der Waals surface area contributed by atoms with Crippen molar-refractivity contribution in [3.63, 3.8) is 0 Å². The summed E-state index contributed by atoms with van der Waals surface area (Å²) in [6.45, 7) is 0. The van der Waals surface area contributed by atoms with Crippen molar-refractivity contribution in [3.05, 3.63) is 88.9 Å². The van der Waals surface area contributed by atoms with Gasteiger partial charge in [-0.3, -0.25) is 5.43 Å². The van der Waals surface area contributed by atoms with Gasteiger partial charge in [0.1, 0.15) is 0 Å². The van der Waals surface area contributed by atoms with Gasteiger partial charge in [-0.1, -0.05) is 29.8 Å². The fraction of sp³-hybridized carbons (Fsp3) is 0.0455. The summed E-state index contributed by atoms with van der Waals surface area (Å²) in [7, 11) is 1.49. The maximum Gasteiger partial charge on any atom is 0.343 e. The van der Waals surface area contributed by atoms with Gasteiger partial charge in [-0.05, 0) is 72.4 Å². The van der Waals surface area contributed by atoms with Crippen molar-refractivity contribution >= 4 is 46.8 Å². The number of carbonyl (C=O) groups excluding carboxylic acids is 1. The van der Waals surface area contributed by atoms with Gasteiger partial charge in [-0.2, -0.15) is 5.10 Å². The first kappa shape index (κ1) is 21.3. The normalized spacial score (nSPS) is 10.5. The number of anilines is 1. The molecular weight excluding hydrogens is 422 g/mol. The SMILES string of the molecule is COc1cc(/C=N/NC(=S)Nc2ccccc2)ccc1OC(=O)c1ccc(Cl)cc1. The van der Waals surface area contributed by atoms with E-state index in [2.05, 4.69) is 15.8 Å². The lowest BCUT2D eigenvalue weighted by Gasteiger charge is -2.10. The monoisotopic (exact) mass is 439 g/mol. The second-order valence-electron chi connectivity index (χ2n) is 6.00. The van der Waals surface area contributed by atoms with Crippen LogP contribution in [0.25, 0.3) is 0 Å². The fourth-order valence-electron chi connectivity index (χ4n) is 2.44. The second-order valence-corrected chi connectivity index (χ2v) is 6.84. The van der Waals surface area contributed by atoms with E-state index in [1.54, 1.807) is 48.7 Å². The van der Waals surface area contributed by atoms with Gasteiger partial charge < -0.3 is 14.8 Å². The van der Waals surface area contributed by atoms with Crippen LogP contribution in [0, 0.1) is 0 Å². The highest BCUT2D eigenvalue weighted by atomic mass is 35.5. The Morgan fingerprint density at radius 1 is 1.03 bits per heavy atom. The molecule has 0 aromatic heterocycles. The zero-order valence-electron chi connectivity index (χ0n) is 16.0. The number of rotatable bonds is 6. The van der Waals surface area contributed by atoms with Crippen LogP contribution in [-0.4, -0.2) is 24.4 Å². The Hall–Kier alpha value is -3.42. The number of nitrogens with zero attached hydrogens (tertiary/aromatic N) is 1. The average molecular weight is 440 g/mol. The summed E-state index contributed by atoms with van der Waals surface area (Å²) >= 11 is 11.0. The molecule has 0 fully saturated rings. The summed E-state index contributed by atoms with van der Waals surface area (Å²) in [6, 6.07) is 21.0. The van der Waals surface area contributed by atoms with E-state index in [4.69, 9.17) is 33.3 Å². The van der Waals surface area contributed by atoms with E-state index < -0.39 is 5.97 Å². The van der Waals surface area contributed by atoms with Crippen molar-refractivity contribution in [1.29, 1.82) is 0 Å². The predicted octanol–water partition coefficient (Wildman–Crippen LogP) is 4.89. The highest BCUT2D eigenvalue weighted by Crippen LogP contribution is 2.28. The molecule has 0 aliphatic heterocycles. The van der Waals surface area contributed by atoms with Crippen LogP contribution in [0.1, 0.15) is 15.9 Å². The van der Waals surface area contributed by atoms with Crippen LogP contribution in [-0.2, 0) is 0 Å². The lowest BCUT2D eigenvalue weighted by atomic mass is 10.2. The van der Waals surface area contributed by atoms with E-state index in [1.807, 2.05) is 30.3 Å². The molecule has 0 saturated carbocycles. The number of ether oxygens (including phenoxy) is 2. The Kier molecular flexibility index (Phi) is 7.37. The molecule has 0 spiro atoms. The highest BCUT2D eigenvalue weighted by molar-refractivity contribution is 7.80. The number of thiocarbonyl (C=S) groups is 1. The van der Waals surface area contributed by atoms with Crippen LogP contribution in [0.5, 0.6) is 11.5 Å². The van der Waals surface area contributed by atoms with E-state index in [9.17, 15) is 4.79 Å². The molecular formula is C22H18ClN3O3S. The van der Waals surface area contributed by atoms with Gasteiger partial charge in [0.2, 0.25) is 0 Å². The molecule has 0 amide bonds. The molecule has 0 atom stereocenters. The first-order valence-electron chi connectivity index (χ1n) is 8.86. The lowest BCUT2D eigenvalue weighted by Crippen LogP contribution is -2.23. The molecule has 2 N–H and O–H groups in total. The van der Waals surface area contributed by atoms with Crippen LogP contribution in [0.4, 0.5) is 5.69 Å². The lowest BCUT2D eigenvalue weighted by molar-refractivity contribution is 0.0729. The number of hydrogen-bond acceptors (Lipinski definition) is 5. The Morgan fingerprint density at radius 3 is 2.47 bits per heavy atom. The van der Waals surface area contributed by atoms with Crippen LogP contribution >= 0.6 is 23.8 Å². The van der Waals surface area contributed by atoms with E-state index in [0.29, 0.717) is 27.2 Å². The van der Waals surface area contributed by atoms with E-state index in [1.165, 1.54) is 7.11 Å². The van der Waals surface area contributed by atoms with Crippen molar-refractivity contribution in [2.24, 2.45) is 5.10 Å². The number of nitrogens with one attached hydrogen (secondary N) is 2. The molecule has 152 valence electrons. The molecule has 0 aliphatic rings. The molecule has 0 aliphatic carbocycles. The van der Waals surface area contributed by atoms with E-state index in [0.717, 1.165) is 11.3 Å². The van der Waals surface area contributed by atoms with Gasteiger partial charge in [-0.15, -0.1) is 0 Å². The molecule has 0 heterocycles. The third-order valence-electron chi connectivity index (χ3n) is 3.88. The molecule has 30 heavy (non-hydrogen) atoms. The van der Waals surface area contributed by atoms with Crippen molar-refractivity contribution in [2.45, 2.75) is 0 Å². The van der Waals surface area contributed by atoms with Gasteiger partial charge >= 0.3 is 5.97 Å². The molecule has 8 heteroatoms. The quantitative estimate of drug-likeness (QED) is 0.187. The zero-order valence-corrected chi connectivity index (χ0v) is 17.5. The summed E-state index contributed by atoms with van der Waals surface area (Å²) in [4.78, 5) is 12.3. The largest absolute Gasteiger partial charge is 0.493 e. The molecule has 6 nitrogen and oxygen atoms in total. The Labute approximate surface area is 184 Å². The highest BCUT2D eigenvalue weighted by Gasteiger charge is 2.12. The van der Waals surface area contributed by atoms with Crippen LogP contribution in [0.2, 0.25) is 5.02 Å². The number of hydrogen-bond donors (Lipinski definition) is 2. The number of halogens is 1. The number of benzene rings is 3. The minimum Gasteiger partial charge on any atom is -0.493 e. The standard InChI is InChI=1S/C22H18ClN3O3S/c1-28-20-13-15(14-24-26-22(30)25-18-5-3-2-4-6-18)7-12-19(20)29-21(27)16-8-10-17(23)11-9-16/h2-14H,1H3,(H2,25,26,30)/b24-14+. The van der Waals surface area contributed by atoms with Crippen LogP contribution in [0.15, 0.2) is 77.9 Å². The Balaban J connectivity index is 1.62. The molecule has 0 bridgehead atoms. The number of esters is 1. The average Bonchev–Trinajstić information content (AvgIpc) is 2.75. The first-order valence-corrected chi connectivity index (χ1v) is 9.64. The second kappa shape index (κ2) is 10.4. The van der Waals surface area contributed by atoms with Crippen molar-refractivity contribution in [3.8, 4) is 11.5 Å². The number of para-hydroxylation sites is 1. The molecule has 3 rings (SSSR count). The number of methoxy groups -OCH3 is 1. The molecule has 3 aromatic carbocycles. The third-order valence-corrected chi connectivity index (χ3v) is 4.33. The summed E-state index contributed by atoms with van der Waals surface area (Å²) in [5.74, 6) is 0.181. The summed E-state index contributed by atoms with van der Waals surface area (Å²) in [5.41, 5.74) is 4.72. The van der Waals surface area contributed by atoms with Crippen molar-refractivity contribution < 1.29 is 14.3 Å². The summed E-state index contributed by atoms with van der Waals surface area (Å²) < 4.78 is 10.8. The van der Waals surface area contributed by atoms with Gasteiger partial charge in [-0.25, -0.2) is 4.79 Å². The van der Waals surface area contributed by atoms with Crippen molar-refractivity contribution in [1.82, 2.24) is 5.43 Å². The maximum absolute atomic E-state index is 12.3. The van der Waals surface area contributed by atoms with Gasteiger partial charge in [0, 0.05) is 10.7 Å². The minimum atomic E-state index is -0.509. The maximum atomic E-state index is 12.3.